The molecule has 0 unspecified atom stereocenters. The third-order valence-electron chi connectivity index (χ3n) is 17.0. The zero-order valence-corrected chi connectivity index (χ0v) is 32.8. The van der Waals surface area contributed by atoms with Gasteiger partial charge in [0.1, 0.15) is 18.8 Å². The molecule has 1 saturated heterocycles. The first-order valence-corrected chi connectivity index (χ1v) is 21.3. The lowest BCUT2D eigenvalue weighted by Gasteiger charge is -2.64. The molecule has 11 rings (SSSR count). The van der Waals surface area contributed by atoms with Crippen LogP contribution >= 0.6 is 0 Å². The Bertz CT molecular complexity index is 1790. The molecule has 1 aromatic rings. The number of aliphatic hydroxyl groups is 4. The van der Waals surface area contributed by atoms with Crippen LogP contribution in [-0.4, -0.2) is 87.8 Å². The number of hydrogen-bond acceptors (Lipinski definition) is 8. The van der Waals surface area contributed by atoms with E-state index in [4.69, 9.17) is 14.2 Å². The predicted octanol–water partition coefficient (Wildman–Crippen LogP) is 5.36. The van der Waals surface area contributed by atoms with Gasteiger partial charge in [-0.1, -0.05) is 87.6 Å². The number of benzene rings is 1. The molecule has 5 aliphatic heterocycles. The maximum absolute atomic E-state index is 14.5. The first kappa shape index (κ1) is 38.0. The molecule has 5 aliphatic carbocycles. The lowest BCUT2D eigenvalue weighted by Crippen LogP contribution is -2.66. The topological polar surface area (TPSA) is 126 Å². The van der Waals surface area contributed by atoms with Crippen molar-refractivity contribution >= 4 is 5.78 Å². The minimum Gasteiger partial charge on any atom is -0.396 e. The van der Waals surface area contributed by atoms with Crippen LogP contribution in [0.15, 0.2) is 42.0 Å². The van der Waals surface area contributed by atoms with Gasteiger partial charge < -0.3 is 34.6 Å². The highest BCUT2D eigenvalue weighted by molar-refractivity contribution is 5.95. The summed E-state index contributed by atoms with van der Waals surface area (Å²) in [6, 6.07) is 10.2. The second kappa shape index (κ2) is 14.1. The first-order chi connectivity index (χ1) is 26.4. The smallest absolute Gasteiger partial charge is 0.159 e. The Kier molecular flexibility index (Phi) is 9.74. The fourth-order valence-corrected chi connectivity index (χ4v) is 14.1. The molecule has 5 fully saturated rings. The molecule has 1 aromatic carbocycles. The number of allylic oxidation sites excluding steroid dienone is 1. The largest absolute Gasteiger partial charge is 0.396 e. The molecule has 5 heterocycles. The van der Waals surface area contributed by atoms with Crippen LogP contribution in [0, 0.1) is 75.9 Å². The summed E-state index contributed by atoms with van der Waals surface area (Å²) in [5, 5.41) is 48.2. The Hall–Kier alpha value is -2.53. The van der Waals surface area contributed by atoms with Gasteiger partial charge in [-0.15, -0.1) is 5.92 Å². The van der Waals surface area contributed by atoms with Gasteiger partial charge in [0.15, 0.2) is 5.78 Å². The third kappa shape index (κ3) is 5.71. The fraction of sp³-hybridized carbons (Fsp3) is 0.723. The molecule has 4 saturated carbocycles. The highest BCUT2D eigenvalue weighted by Crippen LogP contribution is 2.72. The van der Waals surface area contributed by atoms with E-state index in [0.717, 1.165) is 56.1 Å². The quantitative estimate of drug-likeness (QED) is 0.305. The Morgan fingerprint density at radius 3 is 2.45 bits per heavy atom. The van der Waals surface area contributed by atoms with E-state index in [9.17, 15) is 25.2 Å². The standard InChI is InChI=1S/C47H60O8/c1-44-20-18-32-24-36(44)38(50)25-35-34(44)23-31-16-9-17-37(49)42-40(29-13-7-8-14-29)33(26-48)41(55-42)43(51)46(3,52)39-19-21-47(35,45(31,39)2)54-22-10-15-30(27-53-32)28-11-5-4-6-12-28/h4-6,11-12,25,29-34,36-37,39-43,48-49,51-52H,7-8,13-14,16,18-24,26-27H2,1-3H3/t30-,31-,32+,33-,34+,36+,37-,39+,40-,41+,42-,43-,44-,45-,46+,47-/m1/s1. The summed E-state index contributed by atoms with van der Waals surface area (Å²) in [6.45, 7) is 6.63. The number of aliphatic hydroxyl groups excluding tert-OH is 3. The monoisotopic (exact) mass is 752 g/mol. The number of hydrogen-bond donors (Lipinski definition) is 4. The number of fused-ring (bicyclic) bond motifs is 4. The van der Waals surface area contributed by atoms with Crippen molar-refractivity contribution in [3.8, 4) is 23.7 Å². The van der Waals surface area contributed by atoms with Crippen molar-refractivity contribution in [1.29, 1.82) is 0 Å². The summed E-state index contributed by atoms with van der Waals surface area (Å²) in [7, 11) is 0. The van der Waals surface area contributed by atoms with E-state index >= 15 is 0 Å². The molecule has 8 nitrogen and oxygen atoms in total. The van der Waals surface area contributed by atoms with E-state index < -0.39 is 52.9 Å². The summed E-state index contributed by atoms with van der Waals surface area (Å²) in [4.78, 5) is 14.5. The number of rotatable bonds is 3. The Morgan fingerprint density at radius 1 is 0.909 bits per heavy atom. The van der Waals surface area contributed by atoms with Gasteiger partial charge in [0.25, 0.3) is 0 Å². The van der Waals surface area contributed by atoms with Crippen molar-refractivity contribution in [2.24, 2.45) is 52.3 Å². The van der Waals surface area contributed by atoms with E-state index in [0.29, 0.717) is 32.3 Å². The molecular formula is C47H60O8. The van der Waals surface area contributed by atoms with Crippen molar-refractivity contribution in [3.63, 3.8) is 0 Å². The summed E-state index contributed by atoms with van der Waals surface area (Å²) in [5.41, 5.74) is -1.56. The number of ketones is 1. The Morgan fingerprint density at radius 2 is 1.69 bits per heavy atom. The van der Waals surface area contributed by atoms with Gasteiger partial charge in [0, 0.05) is 30.3 Å². The van der Waals surface area contributed by atoms with Crippen LogP contribution in [0.4, 0.5) is 0 Å². The highest BCUT2D eigenvalue weighted by atomic mass is 16.5. The SMILES string of the molecule is C[C@@]1(O)[C@H](O)[C@H]2O[C@@H]([C@H](C3CCCC3)[C@H]2CO)[C@H](O)C#CC[C@@H]2C[C@H]3C4=CC(=O)[C@@H]5C[C@H](CC[C@@]53C)OC[C@H](c3ccccc3)C#CCO[C@]43CC[C@H]1[C@@]23C. The van der Waals surface area contributed by atoms with E-state index in [1.165, 1.54) is 0 Å². The number of carbonyl (C=O) groups excluding carboxylic acids is 1. The molecule has 4 N–H and O–H groups in total. The van der Waals surface area contributed by atoms with Gasteiger partial charge in [-0.2, -0.15) is 0 Å². The first-order valence-electron chi connectivity index (χ1n) is 21.3. The molecule has 0 amide bonds. The summed E-state index contributed by atoms with van der Waals surface area (Å²) in [5.74, 6) is 12.5. The predicted molar refractivity (Wildman–Crippen MR) is 206 cm³/mol. The van der Waals surface area contributed by atoms with Crippen molar-refractivity contribution in [1.82, 2.24) is 0 Å². The molecular weight excluding hydrogens is 693 g/mol. The zero-order chi connectivity index (χ0) is 38.3. The molecule has 296 valence electrons. The lowest BCUT2D eigenvalue weighted by atomic mass is 9.42. The van der Waals surface area contributed by atoms with Crippen LogP contribution in [0.5, 0.6) is 0 Å². The summed E-state index contributed by atoms with van der Waals surface area (Å²) < 4.78 is 20.5. The van der Waals surface area contributed by atoms with E-state index in [-0.39, 0.29) is 66.0 Å². The van der Waals surface area contributed by atoms with Gasteiger partial charge in [0.05, 0.1) is 42.0 Å². The average Bonchev–Trinajstić information content (AvgIpc) is 3.92. The molecule has 1 spiro atoms. The zero-order valence-electron chi connectivity index (χ0n) is 32.8. The summed E-state index contributed by atoms with van der Waals surface area (Å²) >= 11 is 0. The van der Waals surface area contributed by atoms with Crippen molar-refractivity contribution in [3.05, 3.63) is 47.5 Å². The number of carbonyl (C=O) groups is 1. The fourth-order valence-electron chi connectivity index (χ4n) is 14.1. The molecule has 0 radical (unpaired) electrons. The normalized spacial score (nSPS) is 49.4. The average molecular weight is 753 g/mol. The second-order valence-corrected chi connectivity index (χ2v) is 19.2. The van der Waals surface area contributed by atoms with Crippen LogP contribution < -0.4 is 0 Å². The number of ether oxygens (including phenoxy) is 3. The molecule has 55 heavy (non-hydrogen) atoms. The van der Waals surface area contributed by atoms with E-state index in [2.05, 4.69) is 49.7 Å². The Labute approximate surface area is 326 Å². The van der Waals surface area contributed by atoms with Crippen LogP contribution in [0.1, 0.15) is 103 Å². The highest BCUT2D eigenvalue weighted by Gasteiger charge is 2.73. The molecule has 8 heteroatoms. The maximum Gasteiger partial charge on any atom is 0.159 e. The lowest BCUT2D eigenvalue weighted by molar-refractivity contribution is -0.220. The van der Waals surface area contributed by atoms with Crippen LogP contribution in [-0.2, 0) is 19.0 Å². The molecule has 10 aliphatic rings. The second-order valence-electron chi connectivity index (χ2n) is 19.2. The minimum atomic E-state index is -1.65. The molecule has 16 atom stereocenters. The maximum atomic E-state index is 14.5. The van der Waals surface area contributed by atoms with E-state index in [1.54, 1.807) is 6.92 Å². The minimum absolute atomic E-state index is 0.0264. The van der Waals surface area contributed by atoms with Crippen molar-refractivity contribution < 1.29 is 39.4 Å². The third-order valence-corrected chi connectivity index (χ3v) is 17.0. The van der Waals surface area contributed by atoms with Gasteiger partial charge in [-0.05, 0) is 97.7 Å². The van der Waals surface area contributed by atoms with Gasteiger partial charge in [-0.3, -0.25) is 4.79 Å². The van der Waals surface area contributed by atoms with Gasteiger partial charge >= 0.3 is 0 Å². The van der Waals surface area contributed by atoms with Crippen molar-refractivity contribution in [2.75, 3.05) is 19.8 Å². The van der Waals surface area contributed by atoms with Crippen LogP contribution in [0.3, 0.4) is 0 Å². The van der Waals surface area contributed by atoms with Gasteiger partial charge in [0.2, 0.25) is 0 Å². The van der Waals surface area contributed by atoms with E-state index in [1.807, 2.05) is 24.3 Å². The Balaban J connectivity index is 1.18. The van der Waals surface area contributed by atoms with Gasteiger partial charge in [-0.25, -0.2) is 0 Å². The van der Waals surface area contributed by atoms with Crippen molar-refractivity contribution in [2.45, 2.75) is 139 Å². The molecule has 8 bridgehead atoms. The molecule has 0 aromatic heterocycles. The van der Waals surface area contributed by atoms with Crippen LogP contribution in [0.2, 0.25) is 0 Å². The summed E-state index contributed by atoms with van der Waals surface area (Å²) in [6.07, 6.45) is 6.84. The van der Waals surface area contributed by atoms with Crippen LogP contribution in [0.25, 0.3) is 0 Å².